The summed E-state index contributed by atoms with van der Waals surface area (Å²) in [6.45, 7) is 10.4. The standard InChI is InChI=1S/C14H23BO4/c1-6-17-12(16)11-9-10(11)7-8-15-18-13(2,3)14(4,5)19-15/h7-8,10-11H,6,9H2,1-5H3/b8-7+. The van der Waals surface area contributed by atoms with E-state index in [2.05, 4.69) is 0 Å². The number of esters is 1. The molecule has 106 valence electrons. The fraction of sp³-hybridized carbons (Fsp3) is 0.786. The largest absolute Gasteiger partial charge is 0.486 e. The Kier molecular flexibility index (Phi) is 3.80. The van der Waals surface area contributed by atoms with E-state index in [0.717, 1.165) is 6.42 Å². The Morgan fingerprint density at radius 3 is 2.42 bits per heavy atom. The predicted molar refractivity (Wildman–Crippen MR) is 73.5 cm³/mol. The van der Waals surface area contributed by atoms with Gasteiger partial charge in [0, 0.05) is 0 Å². The summed E-state index contributed by atoms with van der Waals surface area (Å²) >= 11 is 0. The van der Waals surface area contributed by atoms with Crippen molar-refractivity contribution < 1.29 is 18.8 Å². The fourth-order valence-electron chi connectivity index (χ4n) is 2.15. The lowest BCUT2D eigenvalue weighted by Crippen LogP contribution is -2.41. The Bertz CT molecular complexity index is 373. The quantitative estimate of drug-likeness (QED) is 0.579. The Hall–Kier alpha value is -0.805. The molecule has 19 heavy (non-hydrogen) atoms. The summed E-state index contributed by atoms with van der Waals surface area (Å²) in [5.74, 6) is 2.13. The van der Waals surface area contributed by atoms with Gasteiger partial charge < -0.3 is 14.0 Å². The highest BCUT2D eigenvalue weighted by Gasteiger charge is 2.50. The van der Waals surface area contributed by atoms with Crippen molar-refractivity contribution in [3.8, 4) is 0 Å². The molecule has 1 aliphatic heterocycles. The predicted octanol–water partition coefficient (Wildman–Crippen LogP) is 2.37. The summed E-state index contributed by atoms with van der Waals surface area (Å²) in [7, 11) is -0.326. The molecule has 0 aromatic rings. The molecule has 0 bridgehead atoms. The molecule has 1 aliphatic carbocycles. The second kappa shape index (κ2) is 4.95. The first-order chi connectivity index (χ1) is 8.77. The number of carbonyl (C=O) groups is 1. The zero-order valence-corrected chi connectivity index (χ0v) is 12.4. The van der Waals surface area contributed by atoms with Crippen molar-refractivity contribution in [3.63, 3.8) is 0 Å². The Morgan fingerprint density at radius 2 is 1.89 bits per heavy atom. The molecule has 0 amide bonds. The van der Waals surface area contributed by atoms with Gasteiger partial charge >= 0.3 is 13.1 Å². The lowest BCUT2D eigenvalue weighted by molar-refractivity contribution is -0.144. The SMILES string of the molecule is CCOC(=O)C1CC1/C=C/B1OC(C)(C)C(C)(C)O1. The second-order valence-corrected chi connectivity index (χ2v) is 6.27. The van der Waals surface area contributed by atoms with Crippen molar-refractivity contribution >= 4 is 13.1 Å². The van der Waals surface area contributed by atoms with Gasteiger partial charge in [-0.3, -0.25) is 4.79 Å². The minimum Gasteiger partial charge on any atom is -0.466 e. The molecule has 1 saturated carbocycles. The molecule has 0 N–H and O–H groups in total. The molecule has 2 rings (SSSR count). The van der Waals surface area contributed by atoms with E-state index in [1.54, 1.807) is 0 Å². The van der Waals surface area contributed by atoms with Gasteiger partial charge in [0.1, 0.15) is 0 Å². The summed E-state index contributed by atoms with van der Waals surface area (Å²) in [5, 5.41) is 0. The summed E-state index contributed by atoms with van der Waals surface area (Å²) < 4.78 is 16.7. The molecule has 0 aromatic carbocycles. The molecule has 2 unspecified atom stereocenters. The first-order valence-corrected chi connectivity index (χ1v) is 6.97. The lowest BCUT2D eigenvalue weighted by Gasteiger charge is -2.32. The number of rotatable bonds is 4. The molecular weight excluding hydrogens is 243 g/mol. The average Bonchev–Trinajstić information content (AvgIpc) is 3.00. The third-order valence-corrected chi connectivity index (χ3v) is 4.22. The molecule has 2 atom stereocenters. The first kappa shape index (κ1) is 14.6. The van der Waals surface area contributed by atoms with Crippen LogP contribution in [0, 0.1) is 11.8 Å². The van der Waals surface area contributed by atoms with Crippen LogP contribution in [0.5, 0.6) is 0 Å². The van der Waals surface area contributed by atoms with Crippen molar-refractivity contribution in [2.75, 3.05) is 6.61 Å². The number of hydrogen-bond donors (Lipinski definition) is 0. The maximum Gasteiger partial charge on any atom is 0.486 e. The molecule has 4 nitrogen and oxygen atoms in total. The Morgan fingerprint density at radius 1 is 1.32 bits per heavy atom. The topological polar surface area (TPSA) is 44.8 Å². The third-order valence-electron chi connectivity index (χ3n) is 4.22. The maximum absolute atomic E-state index is 11.5. The van der Waals surface area contributed by atoms with E-state index in [-0.39, 0.29) is 36.1 Å². The summed E-state index contributed by atoms with van der Waals surface area (Å²) in [6.07, 6.45) is 2.89. The highest BCUT2D eigenvalue weighted by atomic mass is 16.7. The van der Waals surface area contributed by atoms with Crippen molar-refractivity contribution in [1.29, 1.82) is 0 Å². The van der Waals surface area contributed by atoms with Gasteiger partial charge in [-0.25, -0.2) is 0 Å². The van der Waals surface area contributed by atoms with E-state index >= 15 is 0 Å². The van der Waals surface area contributed by atoms with E-state index in [0.29, 0.717) is 6.61 Å². The monoisotopic (exact) mass is 266 g/mol. The van der Waals surface area contributed by atoms with Crippen molar-refractivity contribution in [1.82, 2.24) is 0 Å². The van der Waals surface area contributed by atoms with E-state index in [4.69, 9.17) is 14.0 Å². The second-order valence-electron chi connectivity index (χ2n) is 6.27. The van der Waals surface area contributed by atoms with E-state index in [1.165, 1.54) is 0 Å². The van der Waals surface area contributed by atoms with Crippen molar-refractivity contribution in [2.24, 2.45) is 11.8 Å². The molecule has 5 heteroatoms. The highest BCUT2D eigenvalue weighted by molar-refractivity contribution is 6.51. The summed E-state index contributed by atoms with van der Waals surface area (Å²) in [4.78, 5) is 11.5. The zero-order chi connectivity index (χ0) is 14.3. The van der Waals surface area contributed by atoms with Crippen molar-refractivity contribution in [3.05, 3.63) is 12.1 Å². The Labute approximate surface area is 115 Å². The van der Waals surface area contributed by atoms with Gasteiger partial charge in [0.25, 0.3) is 0 Å². The van der Waals surface area contributed by atoms with Crippen LogP contribution in [0.15, 0.2) is 12.1 Å². The highest BCUT2D eigenvalue weighted by Crippen LogP contribution is 2.42. The van der Waals surface area contributed by atoms with Gasteiger partial charge in [-0.05, 0) is 47.0 Å². The number of carbonyl (C=O) groups excluding carboxylic acids is 1. The molecule has 0 aromatic heterocycles. The van der Waals surface area contributed by atoms with Crippen LogP contribution < -0.4 is 0 Å². The molecular formula is C14H23BO4. The molecule has 2 aliphatic rings. The van der Waals surface area contributed by atoms with Crippen LogP contribution in [-0.2, 0) is 18.8 Å². The van der Waals surface area contributed by atoms with E-state index in [1.807, 2.05) is 46.7 Å². The fourth-order valence-corrected chi connectivity index (χ4v) is 2.15. The van der Waals surface area contributed by atoms with Crippen LogP contribution in [0.4, 0.5) is 0 Å². The van der Waals surface area contributed by atoms with E-state index < -0.39 is 0 Å². The summed E-state index contributed by atoms with van der Waals surface area (Å²) in [5.41, 5.74) is -0.627. The van der Waals surface area contributed by atoms with Gasteiger partial charge in [0.2, 0.25) is 0 Å². The maximum atomic E-state index is 11.5. The van der Waals surface area contributed by atoms with Gasteiger partial charge in [-0.2, -0.15) is 0 Å². The number of hydrogen-bond acceptors (Lipinski definition) is 4. The molecule has 0 spiro atoms. The van der Waals surface area contributed by atoms with Crippen molar-refractivity contribution in [2.45, 2.75) is 52.2 Å². The molecule has 2 fully saturated rings. The van der Waals surface area contributed by atoms with Crippen LogP contribution >= 0.6 is 0 Å². The van der Waals surface area contributed by atoms with Crippen LogP contribution in [0.25, 0.3) is 0 Å². The Balaban J connectivity index is 1.85. The average molecular weight is 266 g/mol. The smallest absolute Gasteiger partial charge is 0.466 e. The van der Waals surface area contributed by atoms with Crippen LogP contribution in [0.2, 0.25) is 0 Å². The van der Waals surface area contributed by atoms with Gasteiger partial charge in [-0.15, -0.1) is 0 Å². The minimum absolute atomic E-state index is 0.0265. The van der Waals surface area contributed by atoms with Crippen LogP contribution in [0.1, 0.15) is 41.0 Å². The summed E-state index contributed by atoms with van der Waals surface area (Å²) in [6, 6.07) is 0. The third kappa shape index (κ3) is 3.03. The van der Waals surface area contributed by atoms with Gasteiger partial charge in [0.05, 0.1) is 23.7 Å². The zero-order valence-electron chi connectivity index (χ0n) is 12.4. The molecule has 1 saturated heterocycles. The van der Waals surface area contributed by atoms with Crippen LogP contribution in [-0.4, -0.2) is 30.9 Å². The normalized spacial score (nSPS) is 31.7. The minimum atomic E-state index is -0.326. The molecule has 0 radical (unpaired) electrons. The lowest BCUT2D eigenvalue weighted by atomic mass is 9.89. The van der Waals surface area contributed by atoms with Crippen LogP contribution in [0.3, 0.4) is 0 Å². The number of allylic oxidation sites excluding steroid dienone is 1. The van der Waals surface area contributed by atoms with Gasteiger partial charge in [0.15, 0.2) is 0 Å². The number of ether oxygens (including phenoxy) is 1. The van der Waals surface area contributed by atoms with Gasteiger partial charge in [-0.1, -0.05) is 12.1 Å². The molecule has 1 heterocycles. The first-order valence-electron chi connectivity index (χ1n) is 6.97. The van der Waals surface area contributed by atoms with E-state index in [9.17, 15) is 4.79 Å².